The van der Waals surface area contributed by atoms with Crippen LogP contribution >= 0.6 is 11.8 Å². The largest absolute Gasteiger partial charge is 0.461 e. The molecule has 2 aromatic heterocycles. The monoisotopic (exact) mass is 384 g/mol. The number of hydrogen-bond donors (Lipinski definition) is 1. The van der Waals surface area contributed by atoms with Gasteiger partial charge in [0.15, 0.2) is 16.7 Å². The summed E-state index contributed by atoms with van der Waals surface area (Å²) < 4.78 is 7.47. The van der Waals surface area contributed by atoms with E-state index < -0.39 is 0 Å². The molecule has 7 heteroatoms. The van der Waals surface area contributed by atoms with Crippen LogP contribution in [-0.4, -0.2) is 26.7 Å². The molecule has 0 unspecified atom stereocenters. The minimum absolute atomic E-state index is 0.0342. The third-order valence-corrected chi connectivity index (χ3v) is 5.36. The fourth-order valence-corrected chi connectivity index (χ4v) is 3.57. The Hall–Kier alpha value is -2.54. The highest BCUT2D eigenvalue weighted by Gasteiger charge is 2.15. The summed E-state index contributed by atoms with van der Waals surface area (Å²) >= 11 is 1.60. The van der Waals surface area contributed by atoms with Gasteiger partial charge in [0.05, 0.1) is 6.26 Å². The van der Waals surface area contributed by atoms with Gasteiger partial charge in [0, 0.05) is 23.9 Å². The molecule has 3 rings (SSSR count). The number of benzene rings is 1. The van der Waals surface area contributed by atoms with E-state index >= 15 is 0 Å². The van der Waals surface area contributed by atoms with E-state index in [-0.39, 0.29) is 11.9 Å². The first kappa shape index (κ1) is 19.2. The van der Waals surface area contributed by atoms with Gasteiger partial charge in [-0.05, 0) is 50.1 Å². The number of nitrogens with zero attached hydrogens (tertiary/aromatic N) is 3. The van der Waals surface area contributed by atoms with Crippen LogP contribution in [0.25, 0.3) is 11.6 Å². The molecule has 1 atom stereocenters. The SMILES string of the molecule is CC[C@H](C)NC(=O)c1cccc(CSc2nnc(-c3ccco3)n2CC)c1. The van der Waals surface area contributed by atoms with E-state index in [1.165, 1.54) is 0 Å². The van der Waals surface area contributed by atoms with E-state index in [1.54, 1.807) is 18.0 Å². The molecule has 1 N–H and O–H groups in total. The minimum atomic E-state index is -0.0342. The van der Waals surface area contributed by atoms with Crippen molar-refractivity contribution in [3.63, 3.8) is 0 Å². The average Bonchev–Trinajstić information content (AvgIpc) is 3.35. The summed E-state index contributed by atoms with van der Waals surface area (Å²) in [5.41, 5.74) is 1.75. The smallest absolute Gasteiger partial charge is 0.251 e. The Kier molecular flexibility index (Phi) is 6.34. The number of carbonyl (C=O) groups excluding carboxylic acids is 1. The van der Waals surface area contributed by atoms with E-state index in [4.69, 9.17) is 4.42 Å². The van der Waals surface area contributed by atoms with Gasteiger partial charge in [-0.2, -0.15) is 0 Å². The lowest BCUT2D eigenvalue weighted by atomic mass is 10.1. The summed E-state index contributed by atoms with van der Waals surface area (Å²) in [5.74, 6) is 2.11. The molecule has 0 aliphatic heterocycles. The topological polar surface area (TPSA) is 73.0 Å². The minimum Gasteiger partial charge on any atom is -0.461 e. The first-order chi connectivity index (χ1) is 13.1. The number of aromatic nitrogens is 3. The number of rotatable bonds is 8. The standard InChI is InChI=1S/C20H24N4O2S/c1-4-14(3)21-19(25)16-9-6-8-15(12-16)13-27-20-23-22-18(24(20)5-2)17-10-7-11-26-17/h6-12,14H,4-5,13H2,1-3H3,(H,21,25)/t14-/m0/s1. The lowest BCUT2D eigenvalue weighted by molar-refractivity contribution is 0.0939. The molecule has 0 radical (unpaired) electrons. The van der Waals surface area contributed by atoms with Gasteiger partial charge in [-0.15, -0.1) is 10.2 Å². The van der Waals surface area contributed by atoms with Gasteiger partial charge in [0.2, 0.25) is 0 Å². The van der Waals surface area contributed by atoms with Gasteiger partial charge in [-0.1, -0.05) is 30.8 Å². The van der Waals surface area contributed by atoms with Gasteiger partial charge in [0.25, 0.3) is 5.91 Å². The molecule has 1 aromatic carbocycles. The van der Waals surface area contributed by atoms with E-state index in [2.05, 4.69) is 29.4 Å². The van der Waals surface area contributed by atoms with Gasteiger partial charge < -0.3 is 9.73 Å². The van der Waals surface area contributed by atoms with Crippen molar-refractivity contribution in [3.8, 4) is 11.6 Å². The third-order valence-electron chi connectivity index (χ3n) is 4.32. The summed E-state index contributed by atoms with van der Waals surface area (Å²) in [7, 11) is 0. The molecule has 27 heavy (non-hydrogen) atoms. The number of amides is 1. The van der Waals surface area contributed by atoms with Crippen LogP contribution < -0.4 is 5.32 Å². The lowest BCUT2D eigenvalue weighted by Gasteiger charge is -2.12. The number of nitrogens with one attached hydrogen (secondary N) is 1. The third kappa shape index (κ3) is 4.60. The molecule has 0 aliphatic carbocycles. The van der Waals surface area contributed by atoms with Crippen molar-refractivity contribution in [2.24, 2.45) is 0 Å². The Morgan fingerprint density at radius 3 is 2.81 bits per heavy atom. The van der Waals surface area contributed by atoms with Crippen LogP contribution in [0.15, 0.2) is 52.2 Å². The predicted octanol–water partition coefficient (Wildman–Crippen LogP) is 4.38. The van der Waals surface area contributed by atoms with Crippen LogP contribution in [0.3, 0.4) is 0 Å². The molecule has 2 heterocycles. The van der Waals surface area contributed by atoms with E-state index in [1.807, 2.05) is 47.9 Å². The lowest BCUT2D eigenvalue weighted by Crippen LogP contribution is -2.31. The molecule has 3 aromatic rings. The van der Waals surface area contributed by atoms with Crippen LogP contribution in [0.4, 0.5) is 0 Å². The summed E-state index contributed by atoms with van der Waals surface area (Å²) in [6.45, 7) is 6.87. The summed E-state index contributed by atoms with van der Waals surface area (Å²) in [6, 6.07) is 11.6. The zero-order valence-electron chi connectivity index (χ0n) is 15.8. The second-order valence-corrected chi connectivity index (χ2v) is 7.24. The first-order valence-electron chi connectivity index (χ1n) is 9.12. The molecule has 1 amide bonds. The highest BCUT2D eigenvalue weighted by Crippen LogP contribution is 2.26. The molecule has 0 saturated heterocycles. The van der Waals surface area contributed by atoms with Crippen molar-refractivity contribution in [1.29, 1.82) is 0 Å². The highest BCUT2D eigenvalue weighted by atomic mass is 32.2. The van der Waals surface area contributed by atoms with Crippen molar-refractivity contribution in [1.82, 2.24) is 20.1 Å². The Morgan fingerprint density at radius 2 is 2.11 bits per heavy atom. The highest BCUT2D eigenvalue weighted by molar-refractivity contribution is 7.98. The number of carbonyl (C=O) groups is 1. The van der Waals surface area contributed by atoms with Crippen LogP contribution in [0.2, 0.25) is 0 Å². The van der Waals surface area contributed by atoms with Crippen LogP contribution in [0, 0.1) is 0 Å². The molecule has 0 fully saturated rings. The molecule has 0 bridgehead atoms. The average molecular weight is 385 g/mol. The van der Waals surface area contributed by atoms with E-state index in [0.29, 0.717) is 17.1 Å². The maximum Gasteiger partial charge on any atom is 0.251 e. The zero-order chi connectivity index (χ0) is 19.2. The summed E-state index contributed by atoms with van der Waals surface area (Å²) in [5, 5.41) is 12.4. The van der Waals surface area contributed by atoms with Gasteiger partial charge in [-0.3, -0.25) is 9.36 Å². The van der Waals surface area contributed by atoms with Gasteiger partial charge in [0.1, 0.15) is 0 Å². The fourth-order valence-electron chi connectivity index (χ4n) is 2.63. The second-order valence-electron chi connectivity index (χ2n) is 6.30. The Labute approximate surface area is 163 Å². The number of thioether (sulfide) groups is 1. The Bertz CT molecular complexity index is 889. The van der Waals surface area contributed by atoms with Crippen molar-refractivity contribution >= 4 is 17.7 Å². The fraction of sp³-hybridized carbons (Fsp3) is 0.350. The zero-order valence-corrected chi connectivity index (χ0v) is 16.6. The maximum absolute atomic E-state index is 12.3. The van der Waals surface area contributed by atoms with Gasteiger partial charge in [-0.25, -0.2) is 0 Å². The second kappa shape index (κ2) is 8.90. The Morgan fingerprint density at radius 1 is 1.26 bits per heavy atom. The van der Waals surface area contributed by atoms with Gasteiger partial charge >= 0.3 is 0 Å². The summed E-state index contributed by atoms with van der Waals surface area (Å²) in [6.07, 6.45) is 2.54. The predicted molar refractivity (Wildman–Crippen MR) is 107 cm³/mol. The van der Waals surface area contributed by atoms with E-state index in [9.17, 15) is 4.79 Å². The van der Waals surface area contributed by atoms with Crippen molar-refractivity contribution in [2.45, 2.75) is 50.7 Å². The Balaban J connectivity index is 1.70. The van der Waals surface area contributed by atoms with Crippen LogP contribution in [0.5, 0.6) is 0 Å². The molecule has 0 spiro atoms. The van der Waals surface area contributed by atoms with Crippen molar-refractivity contribution in [2.75, 3.05) is 0 Å². The quantitative estimate of drug-likeness (QED) is 0.584. The number of furan rings is 1. The van der Waals surface area contributed by atoms with Crippen molar-refractivity contribution in [3.05, 3.63) is 53.8 Å². The molecule has 0 aliphatic rings. The van der Waals surface area contributed by atoms with Crippen LogP contribution in [0.1, 0.15) is 43.1 Å². The van der Waals surface area contributed by atoms with E-state index in [0.717, 1.165) is 29.5 Å². The molecule has 6 nitrogen and oxygen atoms in total. The number of hydrogen-bond acceptors (Lipinski definition) is 5. The maximum atomic E-state index is 12.3. The molecular formula is C20H24N4O2S. The molecule has 142 valence electrons. The van der Waals surface area contributed by atoms with Crippen molar-refractivity contribution < 1.29 is 9.21 Å². The first-order valence-corrected chi connectivity index (χ1v) is 10.1. The molecule has 0 saturated carbocycles. The molecular weight excluding hydrogens is 360 g/mol. The normalized spacial score (nSPS) is 12.1. The summed E-state index contributed by atoms with van der Waals surface area (Å²) in [4.78, 5) is 12.3. The van der Waals surface area contributed by atoms with Crippen LogP contribution in [-0.2, 0) is 12.3 Å².